The van der Waals surface area contributed by atoms with Gasteiger partial charge in [-0.15, -0.1) is 0 Å². The number of nitrogen functional groups attached to an aromatic ring is 1. The Balaban J connectivity index is 1.93. The molecule has 1 aliphatic rings. The van der Waals surface area contributed by atoms with E-state index in [2.05, 4.69) is 16.8 Å². The van der Waals surface area contributed by atoms with Crippen LogP contribution in [0, 0.1) is 5.92 Å². The molecule has 0 bridgehead atoms. The maximum Gasteiger partial charge on any atom is 0.225 e. The lowest BCUT2D eigenvalue weighted by Crippen LogP contribution is -2.50. The molecule has 0 radical (unpaired) electrons. The molecule has 1 aliphatic heterocycles. The zero-order valence-electron chi connectivity index (χ0n) is 12.4. The molecule has 2 rings (SSSR count). The van der Waals surface area contributed by atoms with E-state index in [1.807, 2.05) is 24.0 Å². The van der Waals surface area contributed by atoms with Crippen LogP contribution in [0.5, 0.6) is 0 Å². The van der Waals surface area contributed by atoms with Crippen LogP contribution in [0.3, 0.4) is 0 Å². The summed E-state index contributed by atoms with van der Waals surface area (Å²) in [5.41, 5.74) is 6.65. The summed E-state index contributed by atoms with van der Waals surface area (Å²) in [6, 6.07) is 3.70. The van der Waals surface area contributed by atoms with Crippen molar-refractivity contribution in [1.82, 2.24) is 9.88 Å². The molecule has 0 aliphatic carbocycles. The van der Waals surface area contributed by atoms with Crippen LogP contribution >= 0.6 is 0 Å². The smallest absolute Gasteiger partial charge is 0.225 e. The molecule has 1 aromatic heterocycles. The van der Waals surface area contributed by atoms with Gasteiger partial charge in [-0.25, -0.2) is 4.98 Å². The van der Waals surface area contributed by atoms with Crippen molar-refractivity contribution >= 4 is 17.4 Å². The number of aromatic nitrogens is 1. The predicted molar refractivity (Wildman–Crippen MR) is 81.5 cm³/mol. The molecule has 0 saturated carbocycles. The van der Waals surface area contributed by atoms with Crippen molar-refractivity contribution in [2.75, 3.05) is 36.8 Å². The standard InChI is InChI=1S/C15H24N4O/c1-3-5-12(2)15(20)19-10-8-18(9-11-19)14-13(16)6-4-7-17-14/h4,6-7,12H,3,5,8-11,16H2,1-2H3. The first-order chi connectivity index (χ1) is 9.63. The second-order valence-electron chi connectivity index (χ2n) is 5.42. The number of pyridine rings is 1. The first kappa shape index (κ1) is 14.6. The molecule has 2 heterocycles. The summed E-state index contributed by atoms with van der Waals surface area (Å²) in [5.74, 6) is 1.24. The molecule has 1 unspecified atom stereocenters. The maximum absolute atomic E-state index is 12.3. The summed E-state index contributed by atoms with van der Waals surface area (Å²) in [6.07, 6.45) is 3.77. The van der Waals surface area contributed by atoms with Crippen molar-refractivity contribution in [2.45, 2.75) is 26.7 Å². The first-order valence-corrected chi connectivity index (χ1v) is 7.37. The number of rotatable bonds is 4. The van der Waals surface area contributed by atoms with Crippen LogP contribution in [-0.2, 0) is 4.79 Å². The molecular formula is C15H24N4O. The van der Waals surface area contributed by atoms with Crippen molar-refractivity contribution < 1.29 is 4.79 Å². The van der Waals surface area contributed by atoms with Gasteiger partial charge in [-0.3, -0.25) is 4.79 Å². The Morgan fingerprint density at radius 1 is 1.40 bits per heavy atom. The lowest BCUT2D eigenvalue weighted by Gasteiger charge is -2.36. The number of carbonyl (C=O) groups is 1. The summed E-state index contributed by atoms with van der Waals surface area (Å²) in [4.78, 5) is 20.7. The zero-order valence-corrected chi connectivity index (χ0v) is 12.4. The van der Waals surface area contributed by atoms with Crippen LogP contribution in [0.15, 0.2) is 18.3 Å². The minimum atomic E-state index is 0.131. The molecule has 5 nitrogen and oxygen atoms in total. The summed E-state index contributed by atoms with van der Waals surface area (Å²) < 4.78 is 0. The molecule has 1 fully saturated rings. The van der Waals surface area contributed by atoms with Gasteiger partial charge in [-0.1, -0.05) is 20.3 Å². The molecule has 0 spiro atoms. The number of hydrogen-bond donors (Lipinski definition) is 1. The highest BCUT2D eigenvalue weighted by atomic mass is 16.2. The van der Waals surface area contributed by atoms with Gasteiger partial charge in [0.15, 0.2) is 5.82 Å². The fourth-order valence-corrected chi connectivity index (χ4v) is 2.68. The van der Waals surface area contributed by atoms with E-state index in [4.69, 9.17) is 5.73 Å². The Morgan fingerprint density at radius 2 is 2.10 bits per heavy atom. The van der Waals surface area contributed by atoms with E-state index in [1.165, 1.54) is 0 Å². The minimum Gasteiger partial charge on any atom is -0.396 e. The molecule has 5 heteroatoms. The third-order valence-electron chi connectivity index (χ3n) is 3.85. The number of nitrogens with zero attached hydrogens (tertiary/aromatic N) is 3. The fraction of sp³-hybridized carbons (Fsp3) is 0.600. The molecule has 20 heavy (non-hydrogen) atoms. The van der Waals surface area contributed by atoms with Gasteiger partial charge in [0.05, 0.1) is 5.69 Å². The van der Waals surface area contributed by atoms with Crippen LogP contribution in [0.25, 0.3) is 0 Å². The quantitative estimate of drug-likeness (QED) is 0.910. The lowest BCUT2D eigenvalue weighted by atomic mass is 10.0. The first-order valence-electron chi connectivity index (χ1n) is 7.37. The summed E-state index contributed by atoms with van der Waals surface area (Å²) in [6.45, 7) is 7.24. The Labute approximate surface area is 120 Å². The maximum atomic E-state index is 12.3. The van der Waals surface area contributed by atoms with Gasteiger partial charge >= 0.3 is 0 Å². The molecule has 1 aromatic rings. The highest BCUT2D eigenvalue weighted by Crippen LogP contribution is 2.21. The van der Waals surface area contributed by atoms with E-state index in [0.29, 0.717) is 5.69 Å². The highest BCUT2D eigenvalue weighted by Gasteiger charge is 2.25. The normalized spacial score (nSPS) is 17.1. The van der Waals surface area contributed by atoms with Crippen molar-refractivity contribution in [3.63, 3.8) is 0 Å². The second kappa shape index (κ2) is 6.59. The van der Waals surface area contributed by atoms with Crippen molar-refractivity contribution in [1.29, 1.82) is 0 Å². The van der Waals surface area contributed by atoms with E-state index in [9.17, 15) is 4.79 Å². The van der Waals surface area contributed by atoms with Crippen molar-refractivity contribution in [3.8, 4) is 0 Å². The monoisotopic (exact) mass is 276 g/mol. The van der Waals surface area contributed by atoms with Gasteiger partial charge in [-0.05, 0) is 18.6 Å². The van der Waals surface area contributed by atoms with Crippen LogP contribution in [-0.4, -0.2) is 42.0 Å². The SMILES string of the molecule is CCCC(C)C(=O)N1CCN(c2ncccc2N)CC1. The number of amides is 1. The molecular weight excluding hydrogens is 252 g/mol. The van der Waals surface area contributed by atoms with Crippen molar-refractivity contribution in [2.24, 2.45) is 5.92 Å². The third-order valence-corrected chi connectivity index (χ3v) is 3.85. The van der Waals surface area contributed by atoms with Gasteiger partial charge in [0.2, 0.25) is 5.91 Å². The lowest BCUT2D eigenvalue weighted by molar-refractivity contribution is -0.135. The number of carbonyl (C=O) groups excluding carboxylic acids is 1. The van der Waals surface area contributed by atoms with Gasteiger partial charge < -0.3 is 15.5 Å². The highest BCUT2D eigenvalue weighted by molar-refractivity contribution is 5.78. The zero-order chi connectivity index (χ0) is 14.5. The average molecular weight is 276 g/mol. The van der Waals surface area contributed by atoms with Crippen LogP contribution in [0.2, 0.25) is 0 Å². The fourth-order valence-electron chi connectivity index (χ4n) is 2.68. The Bertz CT molecular complexity index is 455. The largest absolute Gasteiger partial charge is 0.396 e. The summed E-state index contributed by atoms with van der Waals surface area (Å²) in [5, 5.41) is 0. The van der Waals surface area contributed by atoms with E-state index in [1.54, 1.807) is 6.20 Å². The molecule has 0 aromatic carbocycles. The van der Waals surface area contributed by atoms with Crippen molar-refractivity contribution in [3.05, 3.63) is 18.3 Å². The Hall–Kier alpha value is -1.78. The number of hydrogen-bond acceptors (Lipinski definition) is 4. The van der Waals surface area contributed by atoms with Gasteiger partial charge in [-0.2, -0.15) is 0 Å². The van der Waals surface area contributed by atoms with E-state index >= 15 is 0 Å². The van der Waals surface area contributed by atoms with E-state index < -0.39 is 0 Å². The Kier molecular flexibility index (Phi) is 4.82. The molecule has 110 valence electrons. The number of nitrogens with two attached hydrogens (primary N) is 1. The Morgan fingerprint density at radius 3 is 2.70 bits per heavy atom. The van der Waals surface area contributed by atoms with Gasteiger partial charge in [0.25, 0.3) is 0 Å². The predicted octanol–water partition coefficient (Wildman–Crippen LogP) is 1.75. The number of piperazine rings is 1. The minimum absolute atomic E-state index is 0.131. The second-order valence-corrected chi connectivity index (χ2v) is 5.42. The molecule has 2 N–H and O–H groups in total. The van der Waals surface area contributed by atoms with E-state index in [-0.39, 0.29) is 11.8 Å². The summed E-state index contributed by atoms with van der Waals surface area (Å²) in [7, 11) is 0. The van der Waals surface area contributed by atoms with E-state index in [0.717, 1.165) is 44.8 Å². The molecule has 1 atom stereocenters. The number of anilines is 2. The van der Waals surface area contributed by atoms with Crippen LogP contribution in [0.4, 0.5) is 11.5 Å². The van der Waals surface area contributed by atoms with Gasteiger partial charge in [0.1, 0.15) is 0 Å². The average Bonchev–Trinajstić information content (AvgIpc) is 2.47. The van der Waals surface area contributed by atoms with Crippen LogP contribution < -0.4 is 10.6 Å². The van der Waals surface area contributed by atoms with Gasteiger partial charge in [0, 0.05) is 38.3 Å². The van der Waals surface area contributed by atoms with Crippen LogP contribution in [0.1, 0.15) is 26.7 Å². The molecule has 1 saturated heterocycles. The molecule has 1 amide bonds. The topological polar surface area (TPSA) is 62.5 Å². The third kappa shape index (κ3) is 3.21. The summed E-state index contributed by atoms with van der Waals surface area (Å²) >= 11 is 0.